The lowest BCUT2D eigenvalue weighted by atomic mass is 9.89. The van der Waals surface area contributed by atoms with Crippen molar-refractivity contribution in [3.05, 3.63) is 35.0 Å². The van der Waals surface area contributed by atoms with Crippen LogP contribution in [0.5, 0.6) is 0 Å². The number of fused-ring (bicyclic) bond motifs is 1. The van der Waals surface area contributed by atoms with E-state index in [0.29, 0.717) is 0 Å². The van der Waals surface area contributed by atoms with Crippen molar-refractivity contribution >= 4 is 22.5 Å². The van der Waals surface area contributed by atoms with Gasteiger partial charge in [-0.2, -0.15) is 0 Å². The number of halogens is 1. The van der Waals surface area contributed by atoms with Crippen LogP contribution in [0.2, 0.25) is 5.02 Å². The number of hydrogen-bond acceptors (Lipinski definition) is 0. The van der Waals surface area contributed by atoms with Crippen molar-refractivity contribution in [1.29, 1.82) is 0 Å². The van der Waals surface area contributed by atoms with Crippen LogP contribution in [0.1, 0.15) is 51.5 Å². The van der Waals surface area contributed by atoms with Crippen LogP contribution in [-0.4, -0.2) is 4.57 Å². The molecule has 0 radical (unpaired) electrons. The predicted octanol–water partition coefficient (Wildman–Crippen LogP) is 6.21. The Morgan fingerprint density at radius 1 is 1.15 bits per heavy atom. The van der Waals surface area contributed by atoms with Crippen molar-refractivity contribution in [2.45, 2.75) is 59.4 Å². The zero-order chi connectivity index (χ0) is 14.5. The summed E-state index contributed by atoms with van der Waals surface area (Å²) in [5.41, 5.74) is 2.67. The molecule has 1 saturated carbocycles. The standard InChI is InChI=1S/C16H20ClN.C2H6/c1-12-10-18(11-13-5-3-2-4-6-13)16-8-7-14(17)9-15(12)16;1-2/h7-10,13H,2-6,11H2,1H3;1-2H3. The van der Waals surface area contributed by atoms with Crippen molar-refractivity contribution < 1.29 is 0 Å². The normalized spacial score (nSPS) is 16.0. The second kappa shape index (κ2) is 7.17. The first-order valence-electron chi connectivity index (χ1n) is 7.99. The first-order valence-corrected chi connectivity index (χ1v) is 8.37. The lowest BCUT2D eigenvalue weighted by molar-refractivity contribution is 0.322. The Kier molecular flexibility index (Phi) is 5.54. The SMILES string of the molecule is CC.Cc1cn(CC2CCCCC2)c2ccc(Cl)cc12. The minimum atomic E-state index is 0.834. The first-order chi connectivity index (χ1) is 9.74. The molecule has 0 N–H and O–H groups in total. The van der Waals surface area contributed by atoms with Gasteiger partial charge in [0.2, 0.25) is 0 Å². The number of aromatic nitrogens is 1. The molecule has 1 heterocycles. The summed E-state index contributed by atoms with van der Waals surface area (Å²) in [5, 5.41) is 2.14. The highest BCUT2D eigenvalue weighted by Crippen LogP contribution is 2.29. The van der Waals surface area contributed by atoms with E-state index in [1.54, 1.807) is 0 Å². The van der Waals surface area contributed by atoms with Crippen molar-refractivity contribution in [2.75, 3.05) is 0 Å². The predicted molar refractivity (Wildman–Crippen MR) is 89.6 cm³/mol. The van der Waals surface area contributed by atoms with E-state index in [9.17, 15) is 0 Å². The van der Waals surface area contributed by atoms with Gasteiger partial charge in [0.15, 0.2) is 0 Å². The molecule has 2 aromatic rings. The molecule has 0 unspecified atom stereocenters. The van der Waals surface area contributed by atoms with Crippen LogP contribution >= 0.6 is 11.6 Å². The fourth-order valence-corrected chi connectivity index (χ4v) is 3.42. The molecule has 1 fully saturated rings. The Balaban J connectivity index is 0.000000704. The van der Waals surface area contributed by atoms with Crippen molar-refractivity contribution in [3.63, 3.8) is 0 Å². The molecule has 0 saturated heterocycles. The molecule has 0 atom stereocenters. The first kappa shape index (κ1) is 15.4. The van der Waals surface area contributed by atoms with Crippen LogP contribution < -0.4 is 0 Å². The van der Waals surface area contributed by atoms with Gasteiger partial charge in [-0.25, -0.2) is 0 Å². The van der Waals surface area contributed by atoms with Gasteiger partial charge in [-0.3, -0.25) is 0 Å². The Morgan fingerprint density at radius 3 is 2.55 bits per heavy atom. The third kappa shape index (κ3) is 3.38. The van der Waals surface area contributed by atoms with E-state index in [1.165, 1.54) is 55.1 Å². The molecule has 0 aliphatic heterocycles. The van der Waals surface area contributed by atoms with E-state index in [2.05, 4.69) is 29.8 Å². The molecule has 3 rings (SSSR count). The van der Waals surface area contributed by atoms with Gasteiger partial charge < -0.3 is 4.57 Å². The monoisotopic (exact) mass is 291 g/mol. The highest BCUT2D eigenvalue weighted by molar-refractivity contribution is 6.31. The number of hydrogen-bond donors (Lipinski definition) is 0. The summed E-state index contributed by atoms with van der Waals surface area (Å²) in [6, 6.07) is 6.25. The number of rotatable bonds is 2. The molecule has 20 heavy (non-hydrogen) atoms. The van der Waals surface area contributed by atoms with Gasteiger partial charge >= 0.3 is 0 Å². The molecule has 0 spiro atoms. The summed E-state index contributed by atoms with van der Waals surface area (Å²) < 4.78 is 2.43. The van der Waals surface area contributed by atoms with Gasteiger partial charge in [-0.15, -0.1) is 0 Å². The Morgan fingerprint density at radius 2 is 1.85 bits per heavy atom. The van der Waals surface area contributed by atoms with E-state index >= 15 is 0 Å². The van der Waals surface area contributed by atoms with Crippen molar-refractivity contribution in [3.8, 4) is 0 Å². The average Bonchev–Trinajstić information content (AvgIpc) is 2.78. The fraction of sp³-hybridized carbons (Fsp3) is 0.556. The van der Waals surface area contributed by atoms with Crippen LogP contribution in [0.15, 0.2) is 24.4 Å². The van der Waals surface area contributed by atoms with Gasteiger partial charge in [0.1, 0.15) is 0 Å². The second-order valence-corrected chi connectivity index (χ2v) is 6.07. The third-order valence-electron chi connectivity index (χ3n) is 4.22. The maximum atomic E-state index is 6.08. The Hall–Kier alpha value is -0.950. The lowest BCUT2D eigenvalue weighted by Crippen LogP contribution is -2.13. The summed E-state index contributed by atoms with van der Waals surface area (Å²) in [4.78, 5) is 0. The summed E-state index contributed by atoms with van der Waals surface area (Å²) in [7, 11) is 0. The molecule has 1 aromatic heterocycles. The Labute approximate surface area is 127 Å². The van der Waals surface area contributed by atoms with Crippen molar-refractivity contribution in [1.82, 2.24) is 4.57 Å². The van der Waals surface area contributed by atoms with Gasteiger partial charge in [0.05, 0.1) is 0 Å². The van der Waals surface area contributed by atoms with Gasteiger partial charge in [0.25, 0.3) is 0 Å². The van der Waals surface area contributed by atoms with Crippen LogP contribution in [0.25, 0.3) is 10.9 Å². The Bertz CT molecular complexity index is 550. The lowest BCUT2D eigenvalue weighted by Gasteiger charge is -2.22. The van der Waals surface area contributed by atoms with E-state index in [0.717, 1.165) is 10.9 Å². The molecule has 1 aliphatic rings. The summed E-state index contributed by atoms with van der Waals surface area (Å²) in [6.45, 7) is 7.35. The maximum Gasteiger partial charge on any atom is 0.0484 e. The zero-order valence-electron chi connectivity index (χ0n) is 13.0. The second-order valence-electron chi connectivity index (χ2n) is 5.63. The molecule has 0 amide bonds. The minimum Gasteiger partial charge on any atom is -0.347 e. The third-order valence-corrected chi connectivity index (χ3v) is 4.46. The fourth-order valence-electron chi connectivity index (χ4n) is 3.25. The van der Waals surface area contributed by atoms with Crippen LogP contribution in [0.4, 0.5) is 0 Å². The van der Waals surface area contributed by atoms with E-state index < -0.39 is 0 Å². The topological polar surface area (TPSA) is 4.93 Å². The van der Waals surface area contributed by atoms with Gasteiger partial charge in [0, 0.05) is 28.7 Å². The van der Waals surface area contributed by atoms with E-state index in [4.69, 9.17) is 11.6 Å². The number of benzene rings is 1. The molecule has 1 aromatic carbocycles. The number of nitrogens with zero attached hydrogens (tertiary/aromatic N) is 1. The highest BCUT2D eigenvalue weighted by Gasteiger charge is 2.15. The van der Waals surface area contributed by atoms with Crippen molar-refractivity contribution in [2.24, 2.45) is 5.92 Å². The maximum absolute atomic E-state index is 6.08. The van der Waals surface area contributed by atoms with Crippen LogP contribution in [-0.2, 0) is 6.54 Å². The van der Waals surface area contributed by atoms with E-state index in [1.807, 2.05) is 19.9 Å². The zero-order valence-corrected chi connectivity index (χ0v) is 13.7. The van der Waals surface area contributed by atoms with E-state index in [-0.39, 0.29) is 0 Å². The number of aryl methyl sites for hydroxylation is 1. The molecule has 0 bridgehead atoms. The minimum absolute atomic E-state index is 0.834. The molecule has 2 heteroatoms. The molecule has 1 aliphatic carbocycles. The van der Waals surface area contributed by atoms with Gasteiger partial charge in [-0.1, -0.05) is 44.7 Å². The summed E-state index contributed by atoms with van der Waals surface area (Å²) >= 11 is 6.08. The quantitative estimate of drug-likeness (QED) is 0.620. The average molecular weight is 292 g/mol. The van der Waals surface area contributed by atoms with Crippen LogP contribution in [0.3, 0.4) is 0 Å². The molecular formula is C18H26ClN. The summed E-state index contributed by atoms with van der Waals surface area (Å²) in [5.74, 6) is 0.865. The highest BCUT2D eigenvalue weighted by atomic mass is 35.5. The van der Waals surface area contributed by atoms with Crippen LogP contribution in [0, 0.1) is 12.8 Å². The largest absolute Gasteiger partial charge is 0.347 e. The smallest absolute Gasteiger partial charge is 0.0484 e. The molecular weight excluding hydrogens is 266 g/mol. The molecule has 1 nitrogen and oxygen atoms in total. The van der Waals surface area contributed by atoms with Gasteiger partial charge in [-0.05, 0) is 49.4 Å². The molecule has 110 valence electrons. The summed E-state index contributed by atoms with van der Waals surface area (Å²) in [6.07, 6.45) is 9.33.